The van der Waals surface area contributed by atoms with Gasteiger partial charge in [0, 0.05) is 11.1 Å². The lowest BCUT2D eigenvalue weighted by atomic mass is 9.91. The summed E-state index contributed by atoms with van der Waals surface area (Å²) < 4.78 is 0. The molecule has 0 saturated carbocycles. The van der Waals surface area contributed by atoms with Crippen LogP contribution in [0.5, 0.6) is 0 Å². The molecule has 2 aliphatic heterocycles. The molecule has 2 unspecified atom stereocenters. The first-order valence-electron chi connectivity index (χ1n) is 11.6. The number of aromatic nitrogens is 4. The van der Waals surface area contributed by atoms with Gasteiger partial charge < -0.3 is 10.6 Å². The first-order chi connectivity index (χ1) is 15.9. The summed E-state index contributed by atoms with van der Waals surface area (Å²) in [5, 5.41) is 23.1. The minimum absolute atomic E-state index is 0.333. The van der Waals surface area contributed by atoms with E-state index in [0.717, 1.165) is 59.8 Å². The van der Waals surface area contributed by atoms with E-state index in [1.165, 1.54) is 24.0 Å². The summed E-state index contributed by atoms with van der Waals surface area (Å²) in [7, 11) is 0. The van der Waals surface area contributed by atoms with E-state index in [2.05, 4.69) is 91.7 Å². The number of benzene rings is 2. The molecule has 6 heteroatoms. The van der Waals surface area contributed by atoms with Gasteiger partial charge in [0.15, 0.2) is 0 Å². The van der Waals surface area contributed by atoms with Crippen molar-refractivity contribution >= 4 is 0 Å². The number of hydrogen-bond acceptors (Lipinski definition) is 4. The summed E-state index contributed by atoms with van der Waals surface area (Å²) in [6.45, 7) is 2.12. The third kappa shape index (κ3) is 3.55. The molecule has 0 radical (unpaired) electrons. The van der Waals surface area contributed by atoms with Gasteiger partial charge >= 0.3 is 0 Å². The molecule has 2 aliphatic rings. The van der Waals surface area contributed by atoms with Gasteiger partial charge in [-0.1, -0.05) is 48.5 Å². The molecule has 0 aliphatic carbocycles. The van der Waals surface area contributed by atoms with E-state index in [1.807, 2.05) is 0 Å². The van der Waals surface area contributed by atoms with Gasteiger partial charge in [-0.2, -0.15) is 10.2 Å². The van der Waals surface area contributed by atoms with E-state index in [9.17, 15) is 0 Å². The molecular weight excluding hydrogens is 396 g/mol. The third-order valence-electron chi connectivity index (χ3n) is 6.74. The zero-order valence-electron chi connectivity index (χ0n) is 18.1. The minimum Gasteiger partial charge on any atom is -0.309 e. The second-order valence-electron chi connectivity index (χ2n) is 8.81. The van der Waals surface area contributed by atoms with Crippen molar-refractivity contribution in [2.24, 2.45) is 0 Å². The van der Waals surface area contributed by atoms with Crippen LogP contribution in [-0.4, -0.2) is 33.5 Å². The van der Waals surface area contributed by atoms with Crippen molar-refractivity contribution in [1.29, 1.82) is 0 Å². The quantitative estimate of drug-likeness (QED) is 0.364. The van der Waals surface area contributed by atoms with Gasteiger partial charge in [-0.25, -0.2) is 0 Å². The van der Waals surface area contributed by atoms with Crippen LogP contribution in [0.15, 0.2) is 60.7 Å². The van der Waals surface area contributed by atoms with Gasteiger partial charge in [-0.3, -0.25) is 10.2 Å². The fourth-order valence-electron chi connectivity index (χ4n) is 5.10. The average Bonchev–Trinajstić information content (AvgIpc) is 3.65. The van der Waals surface area contributed by atoms with Crippen molar-refractivity contribution in [3.8, 4) is 33.6 Å². The summed E-state index contributed by atoms with van der Waals surface area (Å²) in [4.78, 5) is 0. The lowest BCUT2D eigenvalue weighted by Gasteiger charge is -2.13. The van der Waals surface area contributed by atoms with E-state index in [0.29, 0.717) is 12.1 Å². The van der Waals surface area contributed by atoms with Crippen LogP contribution in [0.2, 0.25) is 0 Å². The predicted molar refractivity (Wildman–Crippen MR) is 127 cm³/mol. The van der Waals surface area contributed by atoms with Crippen molar-refractivity contribution in [2.75, 3.05) is 13.1 Å². The Labute approximate surface area is 187 Å². The van der Waals surface area contributed by atoms with Crippen LogP contribution in [0, 0.1) is 0 Å². The number of aromatic amines is 2. The zero-order chi connectivity index (χ0) is 21.3. The first-order valence-corrected chi connectivity index (χ1v) is 11.6. The summed E-state index contributed by atoms with van der Waals surface area (Å²) in [6, 6.07) is 22.2. The van der Waals surface area contributed by atoms with Crippen molar-refractivity contribution in [2.45, 2.75) is 37.8 Å². The fourth-order valence-corrected chi connectivity index (χ4v) is 5.10. The smallest absolute Gasteiger partial charge is 0.0798 e. The molecular formula is C26H28N6. The molecule has 0 bridgehead atoms. The Balaban J connectivity index is 1.48. The highest BCUT2D eigenvalue weighted by Gasteiger charge is 2.23. The molecule has 2 fully saturated rings. The molecule has 0 spiro atoms. The Morgan fingerprint density at radius 3 is 1.94 bits per heavy atom. The summed E-state index contributed by atoms with van der Waals surface area (Å²) >= 11 is 0. The number of nitrogens with one attached hydrogen (secondary N) is 4. The molecule has 2 aromatic heterocycles. The van der Waals surface area contributed by atoms with Crippen LogP contribution in [0.3, 0.4) is 0 Å². The van der Waals surface area contributed by atoms with Gasteiger partial charge in [-0.05, 0) is 62.0 Å². The van der Waals surface area contributed by atoms with Crippen molar-refractivity contribution in [1.82, 2.24) is 31.0 Å². The van der Waals surface area contributed by atoms with Gasteiger partial charge in [0.25, 0.3) is 0 Å². The molecule has 4 heterocycles. The third-order valence-corrected chi connectivity index (χ3v) is 6.74. The molecule has 162 valence electrons. The number of H-pyrrole nitrogens is 2. The highest BCUT2D eigenvalue weighted by molar-refractivity contribution is 5.92. The minimum atomic E-state index is 0.333. The van der Waals surface area contributed by atoms with E-state index in [1.54, 1.807) is 0 Å². The second-order valence-corrected chi connectivity index (χ2v) is 8.81. The van der Waals surface area contributed by atoms with E-state index in [-0.39, 0.29) is 0 Å². The second kappa shape index (κ2) is 8.37. The maximum Gasteiger partial charge on any atom is 0.0798 e. The molecule has 6 nitrogen and oxygen atoms in total. The first kappa shape index (κ1) is 19.5. The van der Waals surface area contributed by atoms with Crippen LogP contribution < -0.4 is 10.6 Å². The monoisotopic (exact) mass is 424 g/mol. The molecule has 0 amide bonds. The van der Waals surface area contributed by atoms with E-state index in [4.69, 9.17) is 0 Å². The van der Waals surface area contributed by atoms with Crippen molar-refractivity contribution in [3.63, 3.8) is 0 Å². The molecule has 32 heavy (non-hydrogen) atoms. The average molecular weight is 425 g/mol. The van der Waals surface area contributed by atoms with Crippen LogP contribution in [-0.2, 0) is 0 Å². The molecule has 4 aromatic rings. The number of nitrogens with zero attached hydrogens (tertiary/aromatic N) is 2. The zero-order valence-corrected chi connectivity index (χ0v) is 18.1. The normalized spacial score (nSPS) is 20.8. The van der Waals surface area contributed by atoms with Crippen molar-refractivity contribution in [3.05, 3.63) is 72.1 Å². The summed E-state index contributed by atoms with van der Waals surface area (Å²) in [6.07, 6.45) is 4.67. The van der Waals surface area contributed by atoms with Gasteiger partial charge in [-0.15, -0.1) is 0 Å². The number of rotatable bonds is 5. The Bertz CT molecular complexity index is 1200. The molecule has 2 atom stereocenters. The lowest BCUT2D eigenvalue weighted by Crippen LogP contribution is -2.12. The van der Waals surface area contributed by atoms with E-state index < -0.39 is 0 Å². The number of hydrogen-bond donors (Lipinski definition) is 4. The van der Waals surface area contributed by atoms with Gasteiger partial charge in [0.2, 0.25) is 0 Å². The fraction of sp³-hybridized carbons (Fsp3) is 0.308. The van der Waals surface area contributed by atoms with Crippen LogP contribution >= 0.6 is 0 Å². The molecule has 6 rings (SSSR count). The largest absolute Gasteiger partial charge is 0.309 e. The predicted octanol–water partition coefficient (Wildman–Crippen LogP) is 4.98. The van der Waals surface area contributed by atoms with Crippen molar-refractivity contribution < 1.29 is 0 Å². The highest BCUT2D eigenvalue weighted by atomic mass is 15.2. The maximum absolute atomic E-state index is 4.69. The van der Waals surface area contributed by atoms with Gasteiger partial charge in [0.05, 0.1) is 34.9 Å². The van der Waals surface area contributed by atoms with E-state index >= 15 is 0 Å². The molecule has 2 saturated heterocycles. The van der Waals surface area contributed by atoms with Crippen LogP contribution in [0.25, 0.3) is 33.6 Å². The topological polar surface area (TPSA) is 81.4 Å². The summed E-state index contributed by atoms with van der Waals surface area (Å²) in [5.41, 5.74) is 8.93. The Morgan fingerprint density at radius 1 is 0.656 bits per heavy atom. The molecule has 4 N–H and O–H groups in total. The maximum atomic E-state index is 4.69. The molecule has 2 aromatic carbocycles. The SMILES string of the molecule is c1ccc(-c2cccc(-c3cc(C4CCCN4)n[nH]3)c2-c2cc(C3CCCN3)n[nH]2)cc1. The Hall–Kier alpha value is -3.22. The van der Waals surface area contributed by atoms with Crippen LogP contribution in [0.1, 0.15) is 49.2 Å². The van der Waals surface area contributed by atoms with Gasteiger partial charge in [0.1, 0.15) is 0 Å². The Morgan fingerprint density at radius 2 is 1.28 bits per heavy atom. The summed E-state index contributed by atoms with van der Waals surface area (Å²) in [5.74, 6) is 0. The lowest BCUT2D eigenvalue weighted by molar-refractivity contribution is 0.625. The van der Waals surface area contributed by atoms with Crippen LogP contribution in [0.4, 0.5) is 0 Å². The standard InChI is InChI=1S/C26H28N6/c1-2-7-17(8-3-1)18-9-4-10-19(22-15-23(30-29-22)20-11-5-13-27-20)26(18)25-16-24(31-32-25)21-12-6-14-28-21/h1-4,7-10,15-16,20-21,27-28H,5-6,11-14H2,(H,29,30)(H,31,32). The Kier molecular flexibility index (Phi) is 5.09. The highest BCUT2D eigenvalue weighted by Crippen LogP contribution is 2.40.